The number of nitrogens with zero attached hydrogens (tertiary/aromatic N) is 2. The van der Waals surface area contributed by atoms with Crippen LogP contribution in [-0.2, 0) is 12.6 Å². The fourth-order valence-corrected chi connectivity index (χ4v) is 4.81. The van der Waals surface area contributed by atoms with E-state index < -0.39 is 34.5 Å². The van der Waals surface area contributed by atoms with E-state index in [9.17, 15) is 27.9 Å². The summed E-state index contributed by atoms with van der Waals surface area (Å²) >= 11 is 0. The van der Waals surface area contributed by atoms with Crippen molar-refractivity contribution in [2.24, 2.45) is 11.1 Å². The van der Waals surface area contributed by atoms with E-state index in [1.54, 1.807) is 12.1 Å². The number of hydrogen-bond acceptors (Lipinski definition) is 5. The fraction of sp³-hybridized carbons (Fsp3) is 0.522. The molecule has 4 rings (SSSR count). The van der Waals surface area contributed by atoms with Crippen LogP contribution in [0.25, 0.3) is 5.69 Å². The Kier molecular flexibility index (Phi) is 5.76. The van der Waals surface area contributed by atoms with Gasteiger partial charge < -0.3 is 16.2 Å². The van der Waals surface area contributed by atoms with Crippen LogP contribution in [0.1, 0.15) is 78.1 Å². The Morgan fingerprint density at radius 2 is 1.88 bits per heavy atom. The number of amides is 1. The second-order valence-electron chi connectivity index (χ2n) is 9.77. The summed E-state index contributed by atoms with van der Waals surface area (Å²) in [6, 6.07) is 4.72. The Morgan fingerprint density at radius 1 is 1.21 bits per heavy atom. The number of nitrogens with one attached hydrogen (secondary N) is 1. The van der Waals surface area contributed by atoms with E-state index in [-0.39, 0.29) is 41.9 Å². The van der Waals surface area contributed by atoms with Crippen molar-refractivity contribution in [3.63, 3.8) is 0 Å². The van der Waals surface area contributed by atoms with E-state index in [2.05, 4.69) is 10.4 Å². The molecule has 10 heteroatoms. The highest BCUT2D eigenvalue weighted by molar-refractivity contribution is 6.01. The molecule has 1 amide bonds. The number of halogens is 3. The first kappa shape index (κ1) is 23.3. The predicted octanol–water partition coefficient (Wildman–Crippen LogP) is 3.86. The van der Waals surface area contributed by atoms with Gasteiger partial charge in [-0.05, 0) is 55.7 Å². The van der Waals surface area contributed by atoms with E-state index in [4.69, 9.17) is 5.73 Å². The molecule has 1 heterocycles. The lowest BCUT2D eigenvalue weighted by molar-refractivity contribution is -0.141. The average molecular weight is 464 g/mol. The van der Waals surface area contributed by atoms with Crippen LogP contribution in [0.4, 0.5) is 18.9 Å². The molecule has 0 aliphatic heterocycles. The summed E-state index contributed by atoms with van der Waals surface area (Å²) in [5, 5.41) is 16.8. The van der Waals surface area contributed by atoms with Gasteiger partial charge >= 0.3 is 6.18 Å². The van der Waals surface area contributed by atoms with Crippen LogP contribution < -0.4 is 11.1 Å². The summed E-state index contributed by atoms with van der Waals surface area (Å²) in [7, 11) is 0. The number of ketones is 1. The summed E-state index contributed by atoms with van der Waals surface area (Å²) in [5.41, 5.74) is 4.13. The van der Waals surface area contributed by atoms with Gasteiger partial charge in [-0.3, -0.25) is 9.59 Å². The van der Waals surface area contributed by atoms with E-state index >= 15 is 0 Å². The zero-order chi connectivity index (χ0) is 24.1. The molecule has 4 N–H and O–H groups in total. The van der Waals surface area contributed by atoms with Crippen molar-refractivity contribution in [2.45, 2.75) is 70.7 Å². The molecule has 33 heavy (non-hydrogen) atoms. The third kappa shape index (κ3) is 4.62. The minimum atomic E-state index is -4.82. The maximum Gasteiger partial charge on any atom is 0.435 e. The maximum absolute atomic E-state index is 13.8. The molecule has 0 atom stereocenters. The van der Waals surface area contributed by atoms with Gasteiger partial charge in [-0.1, -0.05) is 13.8 Å². The maximum atomic E-state index is 13.8. The highest BCUT2D eigenvalue weighted by atomic mass is 19.4. The van der Waals surface area contributed by atoms with Gasteiger partial charge in [-0.15, -0.1) is 0 Å². The monoisotopic (exact) mass is 464 g/mol. The lowest BCUT2D eigenvalue weighted by Gasteiger charge is -2.29. The van der Waals surface area contributed by atoms with Crippen LogP contribution in [0.2, 0.25) is 0 Å². The number of aromatic nitrogens is 2. The normalized spacial score (nSPS) is 22.7. The molecule has 7 nitrogen and oxygen atoms in total. The average Bonchev–Trinajstić information content (AvgIpc) is 3.08. The predicted molar refractivity (Wildman–Crippen MR) is 115 cm³/mol. The van der Waals surface area contributed by atoms with Gasteiger partial charge in [0, 0.05) is 18.2 Å². The topological polar surface area (TPSA) is 110 Å². The molecule has 1 aromatic heterocycles. The van der Waals surface area contributed by atoms with E-state index in [0.29, 0.717) is 18.5 Å². The zero-order valence-electron chi connectivity index (χ0n) is 18.5. The number of nitrogens with two attached hydrogens (primary N) is 1. The van der Waals surface area contributed by atoms with Gasteiger partial charge in [-0.25, -0.2) is 4.68 Å². The molecule has 0 bridgehead atoms. The number of benzene rings is 1. The minimum Gasteiger partial charge on any atom is -0.393 e. The van der Waals surface area contributed by atoms with Crippen LogP contribution in [0.5, 0.6) is 0 Å². The van der Waals surface area contributed by atoms with E-state index in [0.717, 1.165) is 17.5 Å². The summed E-state index contributed by atoms with van der Waals surface area (Å²) in [5.74, 6) is -1.42. The molecule has 1 saturated carbocycles. The van der Waals surface area contributed by atoms with Crippen LogP contribution in [0, 0.1) is 5.41 Å². The quantitative estimate of drug-likeness (QED) is 0.637. The van der Waals surface area contributed by atoms with E-state index in [1.807, 2.05) is 13.8 Å². The van der Waals surface area contributed by atoms with Crippen LogP contribution in [-0.4, -0.2) is 38.7 Å². The van der Waals surface area contributed by atoms with Crippen molar-refractivity contribution in [3.8, 4) is 5.69 Å². The van der Waals surface area contributed by atoms with Gasteiger partial charge in [-0.2, -0.15) is 18.3 Å². The standard InChI is InChI=1S/C23H27F3N4O3/c1-22(2)10-17-19(18(32)11-22)20(23(24,25)26)29-30(17)16-9-13(5-8-15(16)21(27)33)28-12-3-6-14(31)7-4-12/h5,8-9,12,14,28,31H,3-4,6-7,10-11H2,1-2H3,(H2,27,33). The molecule has 178 valence electrons. The van der Waals surface area contributed by atoms with Crippen molar-refractivity contribution in [3.05, 3.63) is 40.7 Å². The highest BCUT2D eigenvalue weighted by Gasteiger charge is 2.45. The number of carbonyl (C=O) groups is 2. The van der Waals surface area contributed by atoms with Crippen LogP contribution >= 0.6 is 0 Å². The number of fused-ring (bicyclic) bond motifs is 1. The van der Waals surface area contributed by atoms with Gasteiger partial charge in [0.05, 0.1) is 28.6 Å². The second kappa shape index (κ2) is 8.16. The number of hydrogen-bond donors (Lipinski definition) is 3. The van der Waals surface area contributed by atoms with Gasteiger partial charge in [0.2, 0.25) is 0 Å². The van der Waals surface area contributed by atoms with Gasteiger partial charge in [0.15, 0.2) is 11.5 Å². The fourth-order valence-electron chi connectivity index (χ4n) is 4.81. The molecule has 1 aromatic carbocycles. The molecule has 0 radical (unpaired) electrons. The summed E-state index contributed by atoms with van der Waals surface area (Å²) in [6.07, 6.45) is -2.18. The third-order valence-corrected chi connectivity index (χ3v) is 6.37. The molecule has 0 unspecified atom stereocenters. The Balaban J connectivity index is 1.84. The lowest BCUT2D eigenvalue weighted by atomic mass is 9.75. The number of primary amides is 1. The number of rotatable bonds is 4. The van der Waals surface area contributed by atoms with Crippen molar-refractivity contribution >= 4 is 17.4 Å². The van der Waals surface area contributed by atoms with Crippen molar-refractivity contribution < 1.29 is 27.9 Å². The van der Waals surface area contributed by atoms with Gasteiger partial charge in [0.25, 0.3) is 5.91 Å². The molecule has 0 spiro atoms. The summed E-state index contributed by atoms with van der Waals surface area (Å²) < 4.78 is 42.5. The number of carbonyl (C=O) groups excluding carboxylic acids is 2. The Labute approximate surface area is 189 Å². The van der Waals surface area contributed by atoms with Gasteiger partial charge in [0.1, 0.15) is 0 Å². The molecular weight excluding hydrogens is 437 g/mol. The minimum absolute atomic E-state index is 0.00877. The largest absolute Gasteiger partial charge is 0.435 e. The zero-order valence-corrected chi connectivity index (χ0v) is 18.5. The van der Waals surface area contributed by atoms with Crippen molar-refractivity contribution in [1.82, 2.24) is 9.78 Å². The van der Waals surface area contributed by atoms with E-state index in [1.165, 1.54) is 6.07 Å². The lowest BCUT2D eigenvalue weighted by Crippen LogP contribution is -2.29. The smallest absolute Gasteiger partial charge is 0.393 e. The first-order valence-corrected chi connectivity index (χ1v) is 11.0. The first-order valence-electron chi connectivity index (χ1n) is 11.0. The van der Waals surface area contributed by atoms with Crippen molar-refractivity contribution in [2.75, 3.05) is 5.32 Å². The Morgan fingerprint density at radius 3 is 2.48 bits per heavy atom. The molecule has 2 aliphatic carbocycles. The Bertz CT molecular complexity index is 1100. The second-order valence-corrected chi connectivity index (χ2v) is 9.77. The molecule has 1 fully saturated rings. The third-order valence-electron chi connectivity index (χ3n) is 6.37. The molecule has 0 saturated heterocycles. The number of aliphatic hydroxyl groups is 1. The summed E-state index contributed by atoms with van der Waals surface area (Å²) in [4.78, 5) is 24.9. The molecule has 2 aliphatic rings. The number of anilines is 1. The Hall–Kier alpha value is -2.88. The first-order chi connectivity index (χ1) is 15.4. The number of aliphatic hydroxyl groups excluding tert-OH is 1. The molecule has 2 aromatic rings. The summed E-state index contributed by atoms with van der Waals surface area (Å²) in [6.45, 7) is 3.62. The number of alkyl halides is 3. The van der Waals surface area contributed by atoms with Crippen LogP contribution in [0.3, 0.4) is 0 Å². The van der Waals surface area contributed by atoms with Crippen LogP contribution in [0.15, 0.2) is 18.2 Å². The number of Topliss-reactive ketones (excluding diaryl/α,β-unsaturated/α-hetero) is 1. The highest BCUT2D eigenvalue weighted by Crippen LogP contribution is 2.42. The SMILES string of the molecule is CC1(C)CC(=O)c2c(C(F)(F)F)nn(-c3cc(NC4CCC(O)CC4)ccc3C(N)=O)c2C1. The molecular formula is C23H27F3N4O3. The van der Waals surface area contributed by atoms with Crippen molar-refractivity contribution in [1.29, 1.82) is 0 Å².